The van der Waals surface area contributed by atoms with Crippen molar-refractivity contribution >= 4 is 27.5 Å². The lowest BCUT2D eigenvalue weighted by Gasteiger charge is -2.06. The fraction of sp³-hybridized carbons (Fsp3) is 0.0833. The van der Waals surface area contributed by atoms with E-state index in [0.717, 1.165) is 0 Å². The largest absolute Gasteiger partial charge is 0.467 e. The number of amides is 1. The van der Waals surface area contributed by atoms with Crippen LogP contribution in [0.2, 0.25) is 0 Å². The summed E-state index contributed by atoms with van der Waals surface area (Å²) in [6.07, 6.45) is 1.57. The molecule has 1 heterocycles. The van der Waals surface area contributed by atoms with Crippen LogP contribution < -0.4 is 11.1 Å². The van der Waals surface area contributed by atoms with Crippen molar-refractivity contribution < 1.29 is 9.21 Å². The number of nitrogen functional groups attached to an aromatic ring is 1. The van der Waals surface area contributed by atoms with E-state index in [9.17, 15) is 4.79 Å². The summed E-state index contributed by atoms with van der Waals surface area (Å²) in [7, 11) is 0. The summed E-state index contributed by atoms with van der Waals surface area (Å²) in [6, 6.07) is 8.68. The molecule has 0 unspecified atom stereocenters. The van der Waals surface area contributed by atoms with Gasteiger partial charge in [0.2, 0.25) is 0 Å². The molecule has 0 bridgehead atoms. The highest BCUT2D eigenvalue weighted by molar-refractivity contribution is 9.10. The summed E-state index contributed by atoms with van der Waals surface area (Å²) in [4.78, 5) is 11.9. The third kappa shape index (κ3) is 2.88. The Balaban J connectivity index is 2.07. The Morgan fingerprint density at radius 3 is 2.94 bits per heavy atom. The van der Waals surface area contributed by atoms with E-state index in [-0.39, 0.29) is 5.91 Å². The molecule has 0 saturated heterocycles. The Hall–Kier alpha value is -1.75. The first-order valence-corrected chi connectivity index (χ1v) is 5.82. The molecular formula is C12H11BrN2O2. The molecule has 1 aromatic heterocycles. The van der Waals surface area contributed by atoms with Gasteiger partial charge < -0.3 is 15.5 Å². The van der Waals surface area contributed by atoms with Crippen molar-refractivity contribution in [2.24, 2.45) is 0 Å². The van der Waals surface area contributed by atoms with Gasteiger partial charge in [0, 0.05) is 10.2 Å². The van der Waals surface area contributed by atoms with Gasteiger partial charge in [-0.1, -0.05) is 0 Å². The second-order valence-corrected chi connectivity index (χ2v) is 4.36. The first kappa shape index (κ1) is 11.7. The Kier molecular flexibility index (Phi) is 3.49. The lowest BCUT2D eigenvalue weighted by atomic mass is 10.2. The van der Waals surface area contributed by atoms with Gasteiger partial charge in [-0.2, -0.15) is 0 Å². The Morgan fingerprint density at radius 1 is 1.41 bits per heavy atom. The molecule has 3 N–H and O–H groups in total. The van der Waals surface area contributed by atoms with Crippen molar-refractivity contribution in [3.05, 3.63) is 52.4 Å². The van der Waals surface area contributed by atoms with Crippen LogP contribution >= 0.6 is 15.9 Å². The molecule has 0 spiro atoms. The van der Waals surface area contributed by atoms with Crippen LogP contribution in [0.1, 0.15) is 16.1 Å². The van der Waals surface area contributed by atoms with Crippen LogP contribution in [0, 0.1) is 0 Å². The molecule has 17 heavy (non-hydrogen) atoms. The summed E-state index contributed by atoms with van der Waals surface area (Å²) in [6.45, 7) is 0.354. The van der Waals surface area contributed by atoms with E-state index in [2.05, 4.69) is 21.2 Å². The van der Waals surface area contributed by atoms with E-state index in [0.29, 0.717) is 28.0 Å². The zero-order valence-electron chi connectivity index (χ0n) is 8.94. The summed E-state index contributed by atoms with van der Waals surface area (Å²) in [5.74, 6) is 0.513. The van der Waals surface area contributed by atoms with Gasteiger partial charge in [-0.25, -0.2) is 0 Å². The minimum absolute atomic E-state index is 0.194. The molecule has 0 atom stereocenters. The minimum atomic E-state index is -0.194. The van der Waals surface area contributed by atoms with Crippen LogP contribution in [0.3, 0.4) is 0 Å². The van der Waals surface area contributed by atoms with Crippen molar-refractivity contribution in [1.82, 2.24) is 5.32 Å². The number of benzene rings is 1. The number of carbonyl (C=O) groups is 1. The molecule has 0 saturated carbocycles. The fourth-order valence-corrected chi connectivity index (χ4v) is 1.82. The van der Waals surface area contributed by atoms with Gasteiger partial charge in [0.15, 0.2) is 0 Å². The molecule has 2 rings (SSSR count). The number of nitrogens with one attached hydrogen (secondary N) is 1. The number of anilines is 1. The average Bonchev–Trinajstić information content (AvgIpc) is 2.82. The number of nitrogens with two attached hydrogens (primary N) is 1. The minimum Gasteiger partial charge on any atom is -0.467 e. The zero-order chi connectivity index (χ0) is 12.3. The number of carbonyl (C=O) groups excluding carboxylic acids is 1. The third-order valence-electron chi connectivity index (χ3n) is 2.24. The maximum atomic E-state index is 11.9. The molecule has 0 fully saturated rings. The molecular weight excluding hydrogens is 284 g/mol. The van der Waals surface area contributed by atoms with Gasteiger partial charge in [0.25, 0.3) is 5.91 Å². The molecule has 0 aliphatic rings. The van der Waals surface area contributed by atoms with Gasteiger partial charge in [-0.3, -0.25) is 4.79 Å². The van der Waals surface area contributed by atoms with Crippen molar-refractivity contribution in [3.8, 4) is 0 Å². The van der Waals surface area contributed by atoms with Crippen LogP contribution in [0.25, 0.3) is 0 Å². The lowest BCUT2D eigenvalue weighted by molar-refractivity contribution is 0.0947. The molecule has 4 nitrogen and oxygen atoms in total. The molecule has 5 heteroatoms. The molecule has 0 radical (unpaired) electrons. The molecule has 88 valence electrons. The lowest BCUT2D eigenvalue weighted by Crippen LogP contribution is -2.23. The molecule has 0 aliphatic carbocycles. The highest BCUT2D eigenvalue weighted by atomic mass is 79.9. The van der Waals surface area contributed by atoms with Crippen molar-refractivity contribution in [3.63, 3.8) is 0 Å². The van der Waals surface area contributed by atoms with Crippen LogP contribution in [0.4, 0.5) is 5.69 Å². The summed E-state index contributed by atoms with van der Waals surface area (Å²) in [5, 5.41) is 2.75. The van der Waals surface area contributed by atoms with Crippen molar-refractivity contribution in [2.75, 3.05) is 5.73 Å². The van der Waals surface area contributed by atoms with E-state index in [1.807, 2.05) is 0 Å². The van der Waals surface area contributed by atoms with Crippen LogP contribution in [-0.2, 0) is 6.54 Å². The van der Waals surface area contributed by atoms with Crippen molar-refractivity contribution in [1.29, 1.82) is 0 Å². The first-order valence-electron chi connectivity index (χ1n) is 5.02. The molecule has 1 amide bonds. The molecule has 1 aromatic carbocycles. The van der Waals surface area contributed by atoms with Gasteiger partial charge in [-0.15, -0.1) is 0 Å². The van der Waals surface area contributed by atoms with E-state index in [4.69, 9.17) is 10.2 Å². The third-order valence-corrected chi connectivity index (χ3v) is 2.93. The Morgan fingerprint density at radius 2 is 2.24 bits per heavy atom. The predicted octanol–water partition coefficient (Wildman–Crippen LogP) is 2.55. The summed E-state index contributed by atoms with van der Waals surface area (Å²) in [5.41, 5.74) is 6.70. The predicted molar refractivity (Wildman–Crippen MR) is 68.4 cm³/mol. The first-order chi connectivity index (χ1) is 8.16. The van der Waals surface area contributed by atoms with Crippen LogP contribution in [-0.4, -0.2) is 5.91 Å². The van der Waals surface area contributed by atoms with E-state index in [1.165, 1.54) is 0 Å². The number of halogens is 1. The average molecular weight is 295 g/mol. The normalized spacial score (nSPS) is 10.2. The van der Waals surface area contributed by atoms with Gasteiger partial charge in [-0.05, 0) is 46.3 Å². The molecule has 2 aromatic rings. The van der Waals surface area contributed by atoms with Crippen LogP contribution in [0.15, 0.2) is 45.5 Å². The van der Waals surface area contributed by atoms with Gasteiger partial charge in [0.1, 0.15) is 5.76 Å². The second kappa shape index (κ2) is 5.05. The number of hydrogen-bond donors (Lipinski definition) is 2. The van der Waals surface area contributed by atoms with E-state index < -0.39 is 0 Å². The Bertz CT molecular complexity index is 523. The standard InChI is InChI=1S/C12H11BrN2O2/c13-11-4-3-8(14)6-10(11)12(16)15-7-9-2-1-5-17-9/h1-6H,7,14H2,(H,15,16). The van der Waals surface area contributed by atoms with Gasteiger partial charge in [0.05, 0.1) is 18.4 Å². The summed E-state index contributed by atoms with van der Waals surface area (Å²) >= 11 is 3.31. The fourth-order valence-electron chi connectivity index (χ4n) is 1.39. The number of furan rings is 1. The number of rotatable bonds is 3. The van der Waals surface area contributed by atoms with E-state index >= 15 is 0 Å². The van der Waals surface area contributed by atoms with Crippen LogP contribution in [0.5, 0.6) is 0 Å². The highest BCUT2D eigenvalue weighted by Crippen LogP contribution is 2.19. The van der Waals surface area contributed by atoms with E-state index in [1.54, 1.807) is 36.6 Å². The highest BCUT2D eigenvalue weighted by Gasteiger charge is 2.10. The monoisotopic (exact) mass is 294 g/mol. The topological polar surface area (TPSA) is 68.3 Å². The zero-order valence-corrected chi connectivity index (χ0v) is 10.5. The van der Waals surface area contributed by atoms with Gasteiger partial charge >= 0.3 is 0 Å². The quantitative estimate of drug-likeness (QED) is 0.855. The maximum absolute atomic E-state index is 11.9. The SMILES string of the molecule is Nc1ccc(Br)c(C(=O)NCc2ccco2)c1. The smallest absolute Gasteiger partial charge is 0.252 e. The molecule has 0 aliphatic heterocycles. The Labute approximate surface area is 107 Å². The maximum Gasteiger partial charge on any atom is 0.252 e. The second-order valence-electron chi connectivity index (χ2n) is 3.50. The summed E-state index contributed by atoms with van der Waals surface area (Å²) < 4.78 is 5.83. The van der Waals surface area contributed by atoms with Crippen molar-refractivity contribution in [2.45, 2.75) is 6.54 Å². The number of hydrogen-bond acceptors (Lipinski definition) is 3.